The lowest BCUT2D eigenvalue weighted by Gasteiger charge is -2.30. The van der Waals surface area contributed by atoms with E-state index < -0.39 is 33.1 Å². The van der Waals surface area contributed by atoms with Crippen molar-refractivity contribution in [3.8, 4) is 22.5 Å². The number of ether oxygens (including phenoxy) is 1. The smallest absolute Gasteiger partial charge is 0.177 e. The molecule has 0 amide bonds. The first-order chi connectivity index (χ1) is 29.4. The van der Waals surface area contributed by atoms with Crippen molar-refractivity contribution in [2.75, 3.05) is 55.2 Å². The number of anilines is 3. The fraction of sp³-hybridized carbons (Fsp3) is 0.267. The summed E-state index contributed by atoms with van der Waals surface area (Å²) < 4.78 is 87.5. The fourth-order valence-electron chi connectivity index (χ4n) is 7.98. The minimum atomic E-state index is -3.54. The molecule has 0 N–H and O–H groups in total. The molecule has 320 valence electrons. The molecule has 2 aliphatic heterocycles. The zero-order chi connectivity index (χ0) is 44.2. The van der Waals surface area contributed by atoms with Gasteiger partial charge in [0, 0.05) is 96.4 Å². The van der Waals surface area contributed by atoms with E-state index in [2.05, 4.69) is 44.7 Å². The molecule has 2 aromatic carbocycles. The molecule has 1 fully saturated rings. The van der Waals surface area contributed by atoms with Crippen molar-refractivity contribution in [1.29, 1.82) is 0 Å². The summed E-state index contributed by atoms with van der Waals surface area (Å²) in [5.74, 6) is -2.86. The molecule has 0 unspecified atom stereocenters. The minimum absolute atomic E-state index is 0.0327. The SMILES string of the molecule is CSc1cncc(-c2nc3cc(F)cc(F)c3c(Cl)c2C)c1.Cc1c(-c2cncc(S(C)(=O)=O)c2)nc2cc(F)cc(F)c2c1N1CC(C)(C)c2ncc(N3CCOCC3)cc21. The molecule has 9 rings (SSSR count). The van der Waals surface area contributed by atoms with Crippen molar-refractivity contribution in [2.24, 2.45) is 0 Å². The zero-order valence-electron chi connectivity index (χ0n) is 34.5. The molecule has 1 saturated heterocycles. The minimum Gasteiger partial charge on any atom is -0.378 e. The molecular formula is C45H40ClF4N7O3S2. The molecule has 10 nitrogen and oxygen atoms in total. The summed E-state index contributed by atoms with van der Waals surface area (Å²) in [6, 6.07) is 9.53. The topological polar surface area (TPSA) is 114 Å². The molecule has 7 aromatic rings. The normalized spacial score (nSPS) is 14.9. The third kappa shape index (κ3) is 8.16. The van der Waals surface area contributed by atoms with Gasteiger partial charge in [0.25, 0.3) is 0 Å². The van der Waals surface area contributed by atoms with Gasteiger partial charge in [-0.1, -0.05) is 25.4 Å². The van der Waals surface area contributed by atoms with Gasteiger partial charge in [-0.15, -0.1) is 11.8 Å². The van der Waals surface area contributed by atoms with E-state index in [1.54, 1.807) is 31.1 Å². The highest BCUT2D eigenvalue weighted by Crippen LogP contribution is 2.49. The van der Waals surface area contributed by atoms with Crippen LogP contribution >= 0.6 is 23.4 Å². The van der Waals surface area contributed by atoms with Crippen LogP contribution in [0.2, 0.25) is 5.02 Å². The van der Waals surface area contributed by atoms with Gasteiger partial charge in [0.15, 0.2) is 9.84 Å². The number of sulfone groups is 1. The van der Waals surface area contributed by atoms with Gasteiger partial charge in [0.05, 0.1) is 85.3 Å². The van der Waals surface area contributed by atoms with Gasteiger partial charge in [0.2, 0.25) is 0 Å². The van der Waals surface area contributed by atoms with E-state index in [1.165, 1.54) is 30.6 Å². The van der Waals surface area contributed by atoms with Crippen molar-refractivity contribution in [2.45, 2.75) is 42.9 Å². The highest BCUT2D eigenvalue weighted by Gasteiger charge is 2.40. The van der Waals surface area contributed by atoms with E-state index in [0.29, 0.717) is 53.5 Å². The van der Waals surface area contributed by atoms with E-state index in [4.69, 9.17) is 21.3 Å². The van der Waals surface area contributed by atoms with Gasteiger partial charge in [-0.3, -0.25) is 15.0 Å². The third-order valence-electron chi connectivity index (χ3n) is 11.0. The predicted molar refractivity (Wildman–Crippen MR) is 236 cm³/mol. The Hall–Kier alpha value is -5.42. The van der Waals surface area contributed by atoms with Gasteiger partial charge in [-0.05, 0) is 49.4 Å². The number of aromatic nitrogens is 5. The largest absolute Gasteiger partial charge is 0.378 e. The van der Waals surface area contributed by atoms with Gasteiger partial charge >= 0.3 is 0 Å². The number of rotatable bonds is 6. The number of hydrogen-bond acceptors (Lipinski definition) is 11. The van der Waals surface area contributed by atoms with Crippen LogP contribution in [0.3, 0.4) is 0 Å². The second-order valence-corrected chi connectivity index (χ2v) is 19.1. The van der Waals surface area contributed by atoms with E-state index in [-0.39, 0.29) is 37.1 Å². The molecule has 0 bridgehead atoms. The third-order valence-corrected chi connectivity index (χ3v) is 13.3. The van der Waals surface area contributed by atoms with Crippen molar-refractivity contribution in [3.63, 3.8) is 0 Å². The molecule has 0 saturated carbocycles. The highest BCUT2D eigenvalue weighted by molar-refractivity contribution is 7.98. The van der Waals surface area contributed by atoms with Crippen molar-refractivity contribution < 1.29 is 30.7 Å². The maximum Gasteiger partial charge on any atom is 0.177 e. The zero-order valence-corrected chi connectivity index (χ0v) is 36.9. The molecule has 7 heterocycles. The quantitative estimate of drug-likeness (QED) is 0.117. The first-order valence-corrected chi connectivity index (χ1v) is 22.9. The maximum absolute atomic E-state index is 15.6. The molecule has 62 heavy (non-hydrogen) atoms. The summed E-state index contributed by atoms with van der Waals surface area (Å²) in [5, 5.41) is 0.570. The van der Waals surface area contributed by atoms with Crippen LogP contribution in [0.1, 0.15) is 30.7 Å². The molecule has 0 radical (unpaired) electrons. The molecule has 0 aliphatic carbocycles. The van der Waals surface area contributed by atoms with Crippen molar-refractivity contribution >= 4 is 72.1 Å². The van der Waals surface area contributed by atoms with Crippen LogP contribution in [0.5, 0.6) is 0 Å². The molecule has 0 spiro atoms. The van der Waals surface area contributed by atoms with Gasteiger partial charge in [-0.25, -0.2) is 35.9 Å². The Labute approximate surface area is 365 Å². The van der Waals surface area contributed by atoms with E-state index >= 15 is 4.39 Å². The Morgan fingerprint density at radius 1 is 0.774 bits per heavy atom. The van der Waals surface area contributed by atoms with Crippen molar-refractivity contribution in [3.05, 3.63) is 119 Å². The Morgan fingerprint density at radius 3 is 2.02 bits per heavy atom. The van der Waals surface area contributed by atoms with Crippen molar-refractivity contribution in [1.82, 2.24) is 24.9 Å². The lowest BCUT2D eigenvalue weighted by atomic mass is 9.91. The number of fused-ring (bicyclic) bond motifs is 3. The Bertz CT molecular complexity index is 3040. The van der Waals surface area contributed by atoms with Gasteiger partial charge < -0.3 is 14.5 Å². The maximum atomic E-state index is 15.6. The average Bonchev–Trinajstić information content (AvgIpc) is 3.51. The number of nitrogens with zero attached hydrogens (tertiary/aromatic N) is 7. The Balaban J connectivity index is 0.000000203. The number of thioether (sulfide) groups is 1. The Morgan fingerprint density at radius 2 is 1.37 bits per heavy atom. The van der Waals surface area contributed by atoms with E-state index in [9.17, 15) is 21.6 Å². The summed E-state index contributed by atoms with van der Waals surface area (Å²) >= 11 is 7.84. The molecule has 17 heteroatoms. The van der Waals surface area contributed by atoms with Crippen LogP contribution in [0.4, 0.5) is 34.6 Å². The first kappa shape index (κ1) is 43.2. The molecule has 5 aromatic heterocycles. The number of hydrogen-bond donors (Lipinski definition) is 0. The molecular weight excluding hydrogens is 862 g/mol. The number of pyridine rings is 5. The predicted octanol–water partition coefficient (Wildman–Crippen LogP) is 10.2. The fourth-order valence-corrected chi connectivity index (χ4v) is 9.26. The van der Waals surface area contributed by atoms with E-state index in [0.717, 1.165) is 59.0 Å². The first-order valence-electron chi connectivity index (χ1n) is 19.4. The number of halogens is 5. The van der Waals surface area contributed by atoms with Crippen LogP contribution in [-0.4, -0.2) is 78.7 Å². The summed E-state index contributed by atoms with van der Waals surface area (Å²) in [5.41, 5.74) is 6.57. The van der Waals surface area contributed by atoms with Gasteiger partial charge in [-0.2, -0.15) is 0 Å². The lowest BCUT2D eigenvalue weighted by molar-refractivity contribution is 0.122. The highest BCUT2D eigenvalue weighted by atomic mass is 35.5. The summed E-state index contributed by atoms with van der Waals surface area (Å²) in [6.07, 6.45) is 11.1. The summed E-state index contributed by atoms with van der Waals surface area (Å²) in [7, 11) is -3.54. The van der Waals surface area contributed by atoms with E-state index in [1.807, 2.05) is 30.3 Å². The Kier molecular flexibility index (Phi) is 11.6. The van der Waals surface area contributed by atoms with Crippen LogP contribution in [-0.2, 0) is 20.0 Å². The lowest BCUT2D eigenvalue weighted by Crippen LogP contribution is -2.36. The average molecular weight is 902 g/mol. The number of morpholine rings is 1. The monoisotopic (exact) mass is 901 g/mol. The molecule has 2 aliphatic rings. The summed E-state index contributed by atoms with van der Waals surface area (Å²) in [4.78, 5) is 27.4. The van der Waals surface area contributed by atoms with Crippen LogP contribution in [0.25, 0.3) is 44.3 Å². The van der Waals surface area contributed by atoms with Crippen LogP contribution < -0.4 is 9.80 Å². The summed E-state index contributed by atoms with van der Waals surface area (Å²) in [6.45, 7) is 11.0. The van der Waals surface area contributed by atoms with Crippen LogP contribution in [0, 0.1) is 37.1 Å². The molecule has 0 atom stereocenters. The van der Waals surface area contributed by atoms with Crippen LogP contribution in [0.15, 0.2) is 83.2 Å². The standard InChI is InChI=1S/C29H29F2N5O3S.C16H11ClF2N2S/c1-17-26(18-9-21(15-32-13-18)40(4,37)38)34-23-11-19(30)10-22(31)25(23)27(17)36-16-29(2,3)28-24(36)12-20(14-33-28)35-5-7-39-8-6-35;1-8-15(17)14-12(19)4-10(18)5-13(14)21-16(8)9-3-11(22-2)7-20-6-9/h9-15H,5-8,16H2,1-4H3;3-7H,1-2H3. The number of benzene rings is 2. The van der Waals surface area contributed by atoms with Gasteiger partial charge in [0.1, 0.15) is 23.3 Å². The second-order valence-electron chi connectivity index (χ2n) is 15.8. The second kappa shape index (κ2) is 16.7.